The molecule has 6 heteroatoms. The monoisotopic (exact) mass is 701 g/mol. The first-order valence-corrected chi connectivity index (χ1v) is 18.5. The second-order valence-corrected chi connectivity index (χ2v) is 14.4. The van der Waals surface area contributed by atoms with Gasteiger partial charge in [-0.25, -0.2) is 15.0 Å². The van der Waals surface area contributed by atoms with Gasteiger partial charge < -0.3 is 13.2 Å². The van der Waals surface area contributed by atoms with E-state index < -0.39 is 0 Å². The Morgan fingerprint density at radius 2 is 1.02 bits per heavy atom. The van der Waals surface area contributed by atoms with Gasteiger partial charge in [0.05, 0.1) is 43.9 Å². The van der Waals surface area contributed by atoms with Crippen LogP contribution in [-0.2, 0) is 0 Å². The zero-order valence-corrected chi connectivity index (χ0v) is 29.2. The molecule has 13 aromatic rings. The summed E-state index contributed by atoms with van der Waals surface area (Å²) in [5.41, 5.74) is 11.3. The Balaban J connectivity index is 1.22. The quantitative estimate of drug-likeness (QED) is 0.184. The standard InChI is InChI=1S/C49H27N5O/c1-2-12-29(13-3-1)47-50-48(31-24-23-28-11-4-5-14-30(28)27-31)52-49(51-47)35-17-9-19-37-42(35)34-25-26-41-44-43-38(20-10-22-40(43)55-41)53-36-18-7-6-15-32(36)33-16-8-21-39(45(33)53)54(37)46(34)44/h1-27H. The molecule has 0 amide bonds. The van der Waals surface area contributed by atoms with E-state index >= 15 is 0 Å². The van der Waals surface area contributed by atoms with Gasteiger partial charge in [-0.15, -0.1) is 0 Å². The highest BCUT2D eigenvalue weighted by Gasteiger charge is 2.25. The summed E-state index contributed by atoms with van der Waals surface area (Å²) in [6.07, 6.45) is 0. The average Bonchev–Trinajstić information content (AvgIpc) is 3.91. The topological polar surface area (TPSA) is 60.6 Å². The molecule has 5 aromatic heterocycles. The van der Waals surface area contributed by atoms with E-state index in [0.717, 1.165) is 82.4 Å². The fraction of sp³-hybridized carbons (Fsp3) is 0. The maximum absolute atomic E-state index is 6.68. The molecule has 6 nitrogen and oxygen atoms in total. The Morgan fingerprint density at radius 3 is 1.93 bits per heavy atom. The Kier molecular flexibility index (Phi) is 5.54. The molecule has 0 aliphatic carbocycles. The molecule has 254 valence electrons. The van der Waals surface area contributed by atoms with Gasteiger partial charge in [-0.05, 0) is 59.3 Å². The van der Waals surface area contributed by atoms with Crippen LogP contribution in [0.15, 0.2) is 168 Å². The van der Waals surface area contributed by atoms with Gasteiger partial charge in [0.2, 0.25) is 0 Å². The molecule has 0 spiro atoms. The highest BCUT2D eigenvalue weighted by molar-refractivity contribution is 6.30. The third kappa shape index (κ3) is 3.84. The molecular formula is C49H27N5O. The van der Waals surface area contributed by atoms with Crippen molar-refractivity contribution < 1.29 is 4.42 Å². The number of furan rings is 1. The summed E-state index contributed by atoms with van der Waals surface area (Å²) in [5, 5.41) is 9.15. The predicted molar refractivity (Wildman–Crippen MR) is 224 cm³/mol. The average molecular weight is 702 g/mol. The molecule has 0 aliphatic rings. The van der Waals surface area contributed by atoms with Crippen molar-refractivity contribution >= 4 is 87.4 Å². The summed E-state index contributed by atoms with van der Waals surface area (Å²) < 4.78 is 11.6. The van der Waals surface area contributed by atoms with Crippen molar-refractivity contribution in [1.29, 1.82) is 0 Å². The van der Waals surface area contributed by atoms with Gasteiger partial charge in [0, 0.05) is 38.2 Å². The van der Waals surface area contributed by atoms with E-state index in [1.54, 1.807) is 0 Å². The lowest BCUT2D eigenvalue weighted by Crippen LogP contribution is -2.00. The largest absolute Gasteiger partial charge is 0.456 e. The van der Waals surface area contributed by atoms with E-state index in [-0.39, 0.29) is 0 Å². The van der Waals surface area contributed by atoms with E-state index in [0.29, 0.717) is 17.5 Å². The molecule has 55 heavy (non-hydrogen) atoms. The van der Waals surface area contributed by atoms with Crippen LogP contribution in [0.2, 0.25) is 0 Å². The van der Waals surface area contributed by atoms with Crippen LogP contribution in [-0.4, -0.2) is 23.8 Å². The summed E-state index contributed by atoms with van der Waals surface area (Å²) in [5.74, 6) is 1.90. The van der Waals surface area contributed by atoms with Gasteiger partial charge >= 0.3 is 0 Å². The zero-order chi connectivity index (χ0) is 35.8. The first-order chi connectivity index (χ1) is 27.3. The summed E-state index contributed by atoms with van der Waals surface area (Å²) >= 11 is 0. The Hall–Kier alpha value is -7.57. The lowest BCUT2D eigenvalue weighted by Gasteiger charge is -2.10. The first kappa shape index (κ1) is 28.9. The number of benzene rings is 8. The van der Waals surface area contributed by atoms with Crippen LogP contribution in [0.25, 0.3) is 122 Å². The van der Waals surface area contributed by atoms with Crippen molar-refractivity contribution in [2.45, 2.75) is 0 Å². The Labute approximate surface area is 312 Å². The van der Waals surface area contributed by atoms with Crippen LogP contribution in [0.4, 0.5) is 0 Å². The van der Waals surface area contributed by atoms with E-state index in [1.165, 1.54) is 21.7 Å². The number of para-hydroxylation sites is 2. The predicted octanol–water partition coefficient (Wildman–Crippen LogP) is 12.5. The first-order valence-electron chi connectivity index (χ1n) is 18.5. The van der Waals surface area contributed by atoms with Crippen LogP contribution in [0.3, 0.4) is 0 Å². The minimum absolute atomic E-state index is 0.627. The Morgan fingerprint density at radius 1 is 0.364 bits per heavy atom. The number of fused-ring (bicyclic) bond motifs is 9. The molecule has 0 unspecified atom stereocenters. The van der Waals surface area contributed by atoms with Crippen molar-refractivity contribution in [3.63, 3.8) is 0 Å². The van der Waals surface area contributed by atoms with Gasteiger partial charge in [0.15, 0.2) is 17.5 Å². The van der Waals surface area contributed by atoms with Gasteiger partial charge in [0.25, 0.3) is 0 Å². The molecule has 0 bridgehead atoms. The SMILES string of the molecule is c1ccc(-c2nc(-c3ccc4ccccc4c3)nc(-c3cccc4c3c3ccc5oc6cccc7c6c5c3n4c3cccc4c5ccccc5n7c43)n2)cc1. The van der Waals surface area contributed by atoms with Crippen molar-refractivity contribution in [3.05, 3.63) is 164 Å². The van der Waals surface area contributed by atoms with E-state index in [9.17, 15) is 0 Å². The lowest BCUT2D eigenvalue weighted by atomic mass is 10.0. The third-order valence-electron chi connectivity index (χ3n) is 11.5. The fourth-order valence-corrected chi connectivity index (χ4v) is 9.16. The van der Waals surface area contributed by atoms with E-state index in [1.807, 2.05) is 18.2 Å². The fourth-order valence-electron chi connectivity index (χ4n) is 9.16. The number of nitrogens with zero attached hydrogens (tertiary/aromatic N) is 5. The molecule has 13 rings (SSSR count). The minimum Gasteiger partial charge on any atom is -0.456 e. The normalized spacial score (nSPS) is 12.4. The second-order valence-electron chi connectivity index (χ2n) is 14.4. The molecule has 0 saturated carbocycles. The number of hydrogen-bond acceptors (Lipinski definition) is 4. The van der Waals surface area contributed by atoms with Gasteiger partial charge in [-0.1, -0.05) is 115 Å². The van der Waals surface area contributed by atoms with Crippen molar-refractivity contribution in [2.24, 2.45) is 0 Å². The summed E-state index contributed by atoms with van der Waals surface area (Å²) in [6.45, 7) is 0. The van der Waals surface area contributed by atoms with Gasteiger partial charge in [-0.3, -0.25) is 0 Å². The Bertz CT molecular complexity index is 3720. The van der Waals surface area contributed by atoms with Crippen LogP contribution < -0.4 is 0 Å². The number of rotatable bonds is 3. The number of aromatic nitrogens is 5. The van der Waals surface area contributed by atoms with Crippen LogP contribution in [0, 0.1) is 0 Å². The molecular weight excluding hydrogens is 675 g/mol. The van der Waals surface area contributed by atoms with Crippen LogP contribution in [0.5, 0.6) is 0 Å². The van der Waals surface area contributed by atoms with E-state index in [2.05, 4.69) is 154 Å². The van der Waals surface area contributed by atoms with Crippen molar-refractivity contribution in [1.82, 2.24) is 23.8 Å². The zero-order valence-electron chi connectivity index (χ0n) is 29.2. The molecule has 0 radical (unpaired) electrons. The molecule has 0 atom stereocenters. The maximum Gasteiger partial charge on any atom is 0.164 e. The summed E-state index contributed by atoms with van der Waals surface area (Å²) in [7, 11) is 0. The van der Waals surface area contributed by atoms with Gasteiger partial charge in [0.1, 0.15) is 11.2 Å². The highest BCUT2D eigenvalue weighted by atomic mass is 16.3. The van der Waals surface area contributed by atoms with Gasteiger partial charge in [-0.2, -0.15) is 0 Å². The van der Waals surface area contributed by atoms with E-state index in [4.69, 9.17) is 19.4 Å². The minimum atomic E-state index is 0.627. The molecule has 0 fully saturated rings. The summed E-state index contributed by atoms with van der Waals surface area (Å²) in [6, 6.07) is 57.7. The summed E-state index contributed by atoms with van der Waals surface area (Å²) in [4.78, 5) is 15.6. The third-order valence-corrected chi connectivity index (χ3v) is 11.5. The van der Waals surface area contributed by atoms with Crippen LogP contribution in [0.1, 0.15) is 0 Å². The lowest BCUT2D eigenvalue weighted by molar-refractivity contribution is 0.669. The van der Waals surface area contributed by atoms with Crippen molar-refractivity contribution in [2.75, 3.05) is 0 Å². The highest BCUT2D eigenvalue weighted by Crippen LogP contribution is 2.46. The molecule has 0 saturated heterocycles. The molecule has 0 N–H and O–H groups in total. The maximum atomic E-state index is 6.68. The molecule has 8 aromatic carbocycles. The second kappa shape index (κ2) is 10.5. The van der Waals surface area contributed by atoms with Crippen LogP contribution >= 0.6 is 0 Å². The molecule has 5 heterocycles. The van der Waals surface area contributed by atoms with Crippen molar-refractivity contribution in [3.8, 4) is 34.2 Å². The molecule has 0 aliphatic heterocycles. The number of hydrogen-bond donors (Lipinski definition) is 0. The smallest absolute Gasteiger partial charge is 0.164 e.